The van der Waals surface area contributed by atoms with Crippen LogP contribution in [0.25, 0.3) is 11.1 Å². The van der Waals surface area contributed by atoms with Crippen LogP contribution in [0.2, 0.25) is 0 Å². The average Bonchev–Trinajstić information content (AvgIpc) is 3.71. The van der Waals surface area contributed by atoms with E-state index in [-0.39, 0.29) is 41.5 Å². The highest BCUT2D eigenvalue weighted by Gasteiger charge is 2.33. The van der Waals surface area contributed by atoms with Gasteiger partial charge >= 0.3 is 5.97 Å². The summed E-state index contributed by atoms with van der Waals surface area (Å²) in [4.78, 5) is 41.3. The van der Waals surface area contributed by atoms with Gasteiger partial charge in [0, 0.05) is 18.4 Å². The summed E-state index contributed by atoms with van der Waals surface area (Å²) >= 11 is 1.03. The van der Waals surface area contributed by atoms with Crippen LogP contribution in [0.1, 0.15) is 80.2 Å². The summed E-state index contributed by atoms with van der Waals surface area (Å²) in [6, 6.07) is 11.5. The Morgan fingerprint density at radius 2 is 1.93 bits per heavy atom. The second-order valence-corrected chi connectivity index (χ2v) is 12.0. The van der Waals surface area contributed by atoms with Gasteiger partial charge in [0.05, 0.1) is 41.9 Å². The molecule has 1 aliphatic rings. The Balaban J connectivity index is 1.64. The lowest BCUT2D eigenvalue weighted by molar-refractivity contribution is -0.121. The molecule has 4 rings (SSSR count). The van der Waals surface area contributed by atoms with Crippen LogP contribution < -0.4 is 10.1 Å². The van der Waals surface area contributed by atoms with E-state index in [2.05, 4.69) is 5.32 Å². The second-order valence-electron chi connectivity index (χ2n) is 10.6. The van der Waals surface area contributed by atoms with Crippen LogP contribution in [0.5, 0.6) is 6.01 Å². The molecule has 10 heteroatoms. The van der Waals surface area contributed by atoms with Crippen molar-refractivity contribution in [2.75, 3.05) is 6.61 Å². The van der Waals surface area contributed by atoms with Crippen molar-refractivity contribution < 1.29 is 28.6 Å². The molecule has 1 aromatic heterocycles. The zero-order chi connectivity index (χ0) is 29.7. The third-order valence-corrected chi connectivity index (χ3v) is 7.90. The predicted octanol–water partition coefficient (Wildman–Crippen LogP) is 6.02. The first-order valence-corrected chi connectivity index (χ1v) is 14.7. The molecular weight excluding hydrogens is 545 g/mol. The number of hydrogen-bond acceptors (Lipinski definition) is 6. The number of imidazole rings is 1. The summed E-state index contributed by atoms with van der Waals surface area (Å²) in [6.07, 6.45) is 2.52. The fourth-order valence-corrected chi connectivity index (χ4v) is 5.88. The van der Waals surface area contributed by atoms with E-state index in [1.807, 2.05) is 20.8 Å². The van der Waals surface area contributed by atoms with Crippen molar-refractivity contribution >= 4 is 28.8 Å². The van der Waals surface area contributed by atoms with Gasteiger partial charge in [0.2, 0.25) is 5.91 Å². The topological polar surface area (TPSA) is 111 Å². The van der Waals surface area contributed by atoms with E-state index in [9.17, 15) is 19.5 Å². The van der Waals surface area contributed by atoms with E-state index in [1.165, 1.54) is 19.1 Å². The van der Waals surface area contributed by atoms with Crippen LogP contribution in [0.15, 0.2) is 42.5 Å². The summed E-state index contributed by atoms with van der Waals surface area (Å²) in [5, 5.41) is 11.9. The Bertz CT molecular complexity index is 1430. The molecule has 1 unspecified atom stereocenters. The monoisotopic (exact) mass is 581 g/mol. The maximum Gasteiger partial charge on any atom is 0.336 e. The molecule has 1 heterocycles. The molecule has 2 aromatic carbocycles. The zero-order valence-corrected chi connectivity index (χ0v) is 24.6. The Labute approximate surface area is 243 Å². The number of aromatic nitrogens is 2. The van der Waals surface area contributed by atoms with Crippen molar-refractivity contribution in [1.82, 2.24) is 14.9 Å². The number of aromatic carboxylic acids is 1. The summed E-state index contributed by atoms with van der Waals surface area (Å²) < 4.78 is 23.2. The molecule has 3 aromatic rings. The minimum Gasteiger partial charge on any atom is -0.478 e. The lowest BCUT2D eigenvalue weighted by Gasteiger charge is -2.18. The summed E-state index contributed by atoms with van der Waals surface area (Å²) in [6.45, 7) is 7.98. The van der Waals surface area contributed by atoms with E-state index >= 15 is 4.39 Å². The third kappa shape index (κ3) is 7.55. The molecule has 1 atom stereocenters. The Morgan fingerprint density at radius 3 is 2.54 bits per heavy atom. The normalized spacial score (nSPS) is 13.7. The van der Waals surface area contributed by atoms with Crippen molar-refractivity contribution in [2.24, 2.45) is 5.92 Å². The number of carboxylic acid groups (broad SMARTS) is 1. The maximum atomic E-state index is 15.5. The maximum absolute atomic E-state index is 15.5. The van der Waals surface area contributed by atoms with Crippen molar-refractivity contribution in [3.63, 3.8) is 0 Å². The van der Waals surface area contributed by atoms with Gasteiger partial charge < -0.3 is 15.2 Å². The van der Waals surface area contributed by atoms with Gasteiger partial charge in [-0.15, -0.1) is 0 Å². The molecule has 2 N–H and O–H groups in total. The predicted molar refractivity (Wildman–Crippen MR) is 157 cm³/mol. The molecule has 1 aliphatic carbocycles. The molecule has 0 saturated heterocycles. The lowest BCUT2D eigenvalue weighted by Crippen LogP contribution is -2.34. The second kappa shape index (κ2) is 13.3. The average molecular weight is 582 g/mol. The summed E-state index contributed by atoms with van der Waals surface area (Å²) in [5.41, 5.74) is 2.95. The van der Waals surface area contributed by atoms with Gasteiger partial charge in [-0.1, -0.05) is 55.9 Å². The van der Waals surface area contributed by atoms with Crippen LogP contribution in [0.3, 0.4) is 0 Å². The van der Waals surface area contributed by atoms with Crippen molar-refractivity contribution in [3.8, 4) is 17.1 Å². The molecular formula is C31H36FN3O5S. The quantitative estimate of drug-likeness (QED) is 0.254. The molecule has 0 spiro atoms. The number of nitrogens with zero attached hydrogens (tertiary/aromatic N) is 2. The Kier molecular flexibility index (Phi) is 9.86. The lowest BCUT2D eigenvalue weighted by atomic mass is 9.98. The van der Waals surface area contributed by atoms with E-state index in [4.69, 9.17) is 9.72 Å². The van der Waals surface area contributed by atoms with Gasteiger partial charge in [0.1, 0.15) is 5.82 Å². The van der Waals surface area contributed by atoms with Gasteiger partial charge in [-0.2, -0.15) is 4.98 Å². The van der Waals surface area contributed by atoms with Crippen LogP contribution >= 0.6 is 11.8 Å². The molecule has 8 nitrogen and oxygen atoms in total. The number of halogens is 1. The van der Waals surface area contributed by atoms with Crippen LogP contribution in [-0.4, -0.2) is 43.5 Å². The van der Waals surface area contributed by atoms with Crippen LogP contribution in [0.4, 0.5) is 4.39 Å². The van der Waals surface area contributed by atoms with Crippen molar-refractivity contribution in [1.29, 1.82) is 0 Å². The van der Waals surface area contributed by atoms with E-state index in [0.29, 0.717) is 35.7 Å². The number of benzene rings is 2. The Morgan fingerprint density at radius 1 is 1.20 bits per heavy atom. The van der Waals surface area contributed by atoms with Gasteiger partial charge in [-0.3, -0.25) is 14.2 Å². The van der Waals surface area contributed by atoms with Crippen LogP contribution in [0, 0.1) is 11.7 Å². The fourth-order valence-electron chi connectivity index (χ4n) is 4.81. The summed E-state index contributed by atoms with van der Waals surface area (Å²) in [5.74, 6) is -1.31. The van der Waals surface area contributed by atoms with E-state index in [1.54, 1.807) is 34.9 Å². The molecule has 0 bridgehead atoms. The van der Waals surface area contributed by atoms with E-state index < -0.39 is 17.0 Å². The SMILES string of the molecule is CCOc1nc(C2CC2)c(CNC(=O)C(CC(C)C)SC(C)=O)n1Cc1ccc(-c2ccccc2C(=O)O)cc1F. The number of rotatable bonds is 13. The Hall–Kier alpha value is -3.66. The minimum atomic E-state index is -1.08. The molecule has 1 fully saturated rings. The van der Waals surface area contributed by atoms with Gasteiger partial charge in [0.15, 0.2) is 5.12 Å². The molecule has 1 amide bonds. The van der Waals surface area contributed by atoms with Gasteiger partial charge in [0.25, 0.3) is 6.01 Å². The number of nitrogens with one attached hydrogen (secondary N) is 1. The third-order valence-electron chi connectivity index (χ3n) is 6.87. The largest absolute Gasteiger partial charge is 0.478 e. The highest BCUT2D eigenvalue weighted by atomic mass is 32.2. The summed E-state index contributed by atoms with van der Waals surface area (Å²) in [7, 11) is 0. The van der Waals surface area contributed by atoms with Gasteiger partial charge in [-0.25, -0.2) is 9.18 Å². The highest BCUT2D eigenvalue weighted by Crippen LogP contribution is 2.42. The molecule has 0 aliphatic heterocycles. The number of amides is 1. The van der Waals surface area contributed by atoms with Crippen molar-refractivity contribution in [2.45, 2.75) is 71.2 Å². The molecule has 41 heavy (non-hydrogen) atoms. The number of hydrogen-bond donors (Lipinski definition) is 2. The van der Waals surface area contributed by atoms with Gasteiger partial charge in [-0.05, 0) is 55.4 Å². The zero-order valence-electron chi connectivity index (χ0n) is 23.8. The number of carboxylic acids is 1. The molecule has 218 valence electrons. The van der Waals surface area contributed by atoms with Crippen molar-refractivity contribution in [3.05, 3.63) is 70.8 Å². The number of ether oxygens (including phenoxy) is 1. The first kappa shape index (κ1) is 30.3. The minimum absolute atomic E-state index is 0.0960. The standard InChI is InChI=1S/C31H36FN3O5S/c1-5-40-31-34-28(20-10-11-20)26(16-33-29(37)27(14-18(2)3)41-19(4)36)35(31)17-22-13-12-21(15-25(22)32)23-8-6-7-9-24(23)30(38)39/h6-9,12-13,15,18,20,27H,5,10-11,14,16-17H2,1-4H3,(H,33,37)(H,38,39). The first-order chi connectivity index (χ1) is 19.6. The molecule has 0 radical (unpaired) electrons. The molecule has 1 saturated carbocycles. The van der Waals surface area contributed by atoms with Crippen LogP contribution in [-0.2, 0) is 22.7 Å². The number of thioether (sulfide) groups is 1. The first-order valence-electron chi connectivity index (χ1n) is 13.9. The number of carbonyl (C=O) groups excluding carboxylic acids is 2. The van der Waals surface area contributed by atoms with E-state index in [0.717, 1.165) is 36.0 Å². The highest BCUT2D eigenvalue weighted by molar-refractivity contribution is 8.14. The fraction of sp³-hybridized carbons (Fsp3) is 0.419. The smallest absolute Gasteiger partial charge is 0.336 e. The number of carbonyl (C=O) groups is 3.